The first kappa shape index (κ1) is 27.1. The molecule has 200 valence electrons. The molecule has 1 atom stereocenters. The zero-order chi connectivity index (χ0) is 26.3. The van der Waals surface area contributed by atoms with Crippen LogP contribution in [0.3, 0.4) is 0 Å². The van der Waals surface area contributed by atoms with Gasteiger partial charge in [-0.05, 0) is 75.0 Å². The third-order valence-electron chi connectivity index (χ3n) is 7.31. The minimum atomic E-state index is -4.53. The highest BCUT2D eigenvalue weighted by Gasteiger charge is 2.31. The van der Waals surface area contributed by atoms with Gasteiger partial charge in [0.15, 0.2) is 0 Å². The quantitative estimate of drug-likeness (QED) is 0.530. The molecule has 0 spiro atoms. The molecule has 2 aliphatic heterocycles. The Kier molecular flexibility index (Phi) is 9.21. The maximum atomic E-state index is 12.9. The first-order valence-electron chi connectivity index (χ1n) is 13.0. The van der Waals surface area contributed by atoms with Crippen LogP contribution in [-0.4, -0.2) is 66.9 Å². The van der Waals surface area contributed by atoms with Crippen molar-refractivity contribution in [3.8, 4) is 0 Å². The first-order chi connectivity index (χ1) is 17.8. The number of benzene rings is 2. The van der Waals surface area contributed by atoms with E-state index in [2.05, 4.69) is 44.7 Å². The second-order valence-corrected chi connectivity index (χ2v) is 10.1. The van der Waals surface area contributed by atoms with Crippen LogP contribution in [0.25, 0.3) is 0 Å². The second kappa shape index (κ2) is 12.6. The van der Waals surface area contributed by atoms with Crippen molar-refractivity contribution in [2.24, 2.45) is 5.92 Å². The van der Waals surface area contributed by atoms with Gasteiger partial charge in [0.05, 0.1) is 12.1 Å². The minimum Gasteiger partial charge on any atom is -0.350 e. The summed E-state index contributed by atoms with van der Waals surface area (Å²) in [5.74, 6) is -0.311. The molecule has 6 nitrogen and oxygen atoms in total. The van der Waals surface area contributed by atoms with Crippen molar-refractivity contribution in [2.75, 3.05) is 39.3 Å². The van der Waals surface area contributed by atoms with Crippen molar-refractivity contribution in [1.82, 2.24) is 20.4 Å². The van der Waals surface area contributed by atoms with Gasteiger partial charge in [-0.2, -0.15) is 13.2 Å². The van der Waals surface area contributed by atoms with E-state index in [0.717, 1.165) is 70.2 Å². The molecule has 2 fully saturated rings. The Morgan fingerprint density at radius 1 is 0.919 bits per heavy atom. The highest BCUT2D eigenvalue weighted by Crippen LogP contribution is 2.29. The summed E-state index contributed by atoms with van der Waals surface area (Å²) in [4.78, 5) is 29.4. The van der Waals surface area contributed by atoms with E-state index >= 15 is 0 Å². The predicted octanol–water partition coefficient (Wildman–Crippen LogP) is 3.93. The van der Waals surface area contributed by atoms with Crippen molar-refractivity contribution >= 4 is 11.8 Å². The van der Waals surface area contributed by atoms with Gasteiger partial charge in [0.25, 0.3) is 5.91 Å². The number of hydrogen-bond donors (Lipinski definition) is 2. The molecule has 2 aromatic carbocycles. The van der Waals surface area contributed by atoms with Crippen LogP contribution >= 0.6 is 0 Å². The molecule has 4 rings (SSSR count). The van der Waals surface area contributed by atoms with E-state index in [-0.39, 0.29) is 24.1 Å². The fourth-order valence-electron chi connectivity index (χ4n) is 5.17. The number of carbonyl (C=O) groups excluding carboxylic acids is 2. The first-order valence-corrected chi connectivity index (χ1v) is 13.0. The summed E-state index contributed by atoms with van der Waals surface area (Å²) in [7, 11) is 0. The molecule has 2 heterocycles. The number of amides is 2. The molecule has 37 heavy (non-hydrogen) atoms. The average Bonchev–Trinajstić information content (AvgIpc) is 3.34. The van der Waals surface area contributed by atoms with Gasteiger partial charge in [-0.1, -0.05) is 36.4 Å². The molecule has 2 aliphatic rings. The topological polar surface area (TPSA) is 64.7 Å². The van der Waals surface area contributed by atoms with E-state index in [0.29, 0.717) is 0 Å². The molecule has 9 heteroatoms. The number of halogens is 3. The Balaban J connectivity index is 1.11. The lowest BCUT2D eigenvalue weighted by Crippen LogP contribution is -2.43. The third kappa shape index (κ3) is 8.30. The zero-order valence-electron chi connectivity index (χ0n) is 21.0. The van der Waals surface area contributed by atoms with Crippen molar-refractivity contribution < 1.29 is 22.8 Å². The van der Waals surface area contributed by atoms with Crippen LogP contribution in [0, 0.1) is 5.92 Å². The smallest absolute Gasteiger partial charge is 0.350 e. The number of likely N-dealkylation sites (tertiary alicyclic amines) is 2. The number of rotatable bonds is 9. The Labute approximate surface area is 216 Å². The van der Waals surface area contributed by atoms with E-state index in [1.807, 2.05) is 6.07 Å². The van der Waals surface area contributed by atoms with Gasteiger partial charge in [-0.15, -0.1) is 0 Å². The number of piperidine rings is 1. The van der Waals surface area contributed by atoms with Gasteiger partial charge in [0.1, 0.15) is 0 Å². The monoisotopic (exact) mass is 516 g/mol. The maximum Gasteiger partial charge on any atom is 0.416 e. The molecule has 2 N–H and O–H groups in total. The Hall–Kier alpha value is -2.91. The highest BCUT2D eigenvalue weighted by atomic mass is 19.4. The average molecular weight is 517 g/mol. The van der Waals surface area contributed by atoms with E-state index in [4.69, 9.17) is 0 Å². The highest BCUT2D eigenvalue weighted by molar-refractivity contribution is 5.96. The second-order valence-electron chi connectivity index (χ2n) is 10.1. The predicted molar refractivity (Wildman–Crippen MR) is 136 cm³/mol. The van der Waals surface area contributed by atoms with Crippen LogP contribution in [0.4, 0.5) is 13.2 Å². The van der Waals surface area contributed by atoms with Gasteiger partial charge >= 0.3 is 6.18 Å². The number of nitrogens with one attached hydrogen (secondary N) is 2. The van der Waals surface area contributed by atoms with E-state index in [9.17, 15) is 22.8 Å². The Morgan fingerprint density at radius 3 is 2.38 bits per heavy atom. The number of alkyl halides is 3. The van der Waals surface area contributed by atoms with Gasteiger partial charge in [0.2, 0.25) is 5.91 Å². The molecule has 0 unspecified atom stereocenters. The summed E-state index contributed by atoms with van der Waals surface area (Å²) in [6, 6.07) is 14.8. The standard InChI is InChI=1S/C28H35F3N4O2/c29-28(30,31)24-8-4-7-23(17-24)27(37)32-18-26(36)33-25-12-16-35(20-25)15-11-21-9-13-34(14-10-21)19-22-5-2-1-3-6-22/h1-8,17,21,25H,9-16,18-20H2,(H,32,37)(H,33,36)/t25-/m1/s1. The molecule has 0 aromatic heterocycles. The lowest BCUT2D eigenvalue weighted by Gasteiger charge is -2.32. The number of nitrogens with zero attached hydrogens (tertiary/aromatic N) is 2. The van der Waals surface area contributed by atoms with Crippen LogP contribution in [0.1, 0.15) is 47.2 Å². The van der Waals surface area contributed by atoms with Crippen LogP contribution in [0.2, 0.25) is 0 Å². The molecular weight excluding hydrogens is 481 g/mol. The van der Waals surface area contributed by atoms with E-state index < -0.39 is 17.6 Å². The van der Waals surface area contributed by atoms with Crippen molar-refractivity contribution in [3.63, 3.8) is 0 Å². The molecule has 2 aromatic rings. The Bertz CT molecular complexity index is 1040. The van der Waals surface area contributed by atoms with Crippen LogP contribution < -0.4 is 10.6 Å². The van der Waals surface area contributed by atoms with Crippen LogP contribution in [-0.2, 0) is 17.5 Å². The third-order valence-corrected chi connectivity index (χ3v) is 7.31. The van der Waals surface area contributed by atoms with Crippen LogP contribution in [0.5, 0.6) is 0 Å². The van der Waals surface area contributed by atoms with E-state index in [1.165, 1.54) is 30.5 Å². The molecular formula is C28H35F3N4O2. The molecule has 2 saturated heterocycles. The Morgan fingerprint density at radius 2 is 1.65 bits per heavy atom. The van der Waals surface area contributed by atoms with Gasteiger partial charge in [-0.25, -0.2) is 0 Å². The largest absolute Gasteiger partial charge is 0.416 e. The molecule has 2 amide bonds. The van der Waals surface area contributed by atoms with Crippen LogP contribution in [0.15, 0.2) is 54.6 Å². The zero-order valence-corrected chi connectivity index (χ0v) is 21.0. The SMILES string of the molecule is O=C(CNC(=O)c1cccc(C(F)(F)F)c1)N[C@@H]1CCN(CCC2CCN(Cc3ccccc3)CC2)C1. The lowest BCUT2D eigenvalue weighted by atomic mass is 9.93. The van der Waals surface area contributed by atoms with Gasteiger partial charge < -0.3 is 15.5 Å². The molecule has 0 bridgehead atoms. The molecule has 0 saturated carbocycles. The maximum absolute atomic E-state index is 12.9. The molecule has 0 aliphatic carbocycles. The van der Waals surface area contributed by atoms with Crippen molar-refractivity contribution in [3.05, 3.63) is 71.3 Å². The lowest BCUT2D eigenvalue weighted by molar-refractivity contribution is -0.137. The van der Waals surface area contributed by atoms with Crippen molar-refractivity contribution in [1.29, 1.82) is 0 Å². The summed E-state index contributed by atoms with van der Waals surface area (Å²) in [5, 5.41) is 5.35. The number of carbonyl (C=O) groups is 2. The number of hydrogen-bond acceptors (Lipinski definition) is 4. The summed E-state index contributed by atoms with van der Waals surface area (Å²) in [5.41, 5.74) is 0.343. The summed E-state index contributed by atoms with van der Waals surface area (Å²) >= 11 is 0. The van der Waals surface area contributed by atoms with Gasteiger partial charge in [-0.3, -0.25) is 14.5 Å². The van der Waals surface area contributed by atoms with Gasteiger partial charge in [0, 0.05) is 31.2 Å². The fraction of sp³-hybridized carbons (Fsp3) is 0.500. The summed E-state index contributed by atoms with van der Waals surface area (Å²) < 4.78 is 38.6. The summed E-state index contributed by atoms with van der Waals surface area (Å²) in [6.07, 6.45) is -0.0870. The van der Waals surface area contributed by atoms with Crippen molar-refractivity contribution in [2.45, 2.75) is 44.4 Å². The molecule has 0 radical (unpaired) electrons. The minimum absolute atomic E-state index is 0.0191. The summed E-state index contributed by atoms with van der Waals surface area (Å²) in [6.45, 7) is 5.72. The fourth-order valence-corrected chi connectivity index (χ4v) is 5.17. The van der Waals surface area contributed by atoms with E-state index in [1.54, 1.807) is 0 Å². The normalized spacial score (nSPS) is 19.6.